The first kappa shape index (κ1) is 13.9. The van der Waals surface area contributed by atoms with Gasteiger partial charge in [-0.15, -0.1) is 0 Å². The summed E-state index contributed by atoms with van der Waals surface area (Å²) in [4.78, 5) is 0. The molecule has 4 nitrogen and oxygen atoms in total. The van der Waals surface area contributed by atoms with Crippen LogP contribution in [0.5, 0.6) is 5.75 Å². The third-order valence-corrected chi connectivity index (χ3v) is 3.53. The lowest BCUT2D eigenvalue weighted by Crippen LogP contribution is -2.24. The largest absolute Gasteiger partial charge is 0.496 e. The minimum absolute atomic E-state index is 0.170. The van der Waals surface area contributed by atoms with E-state index in [1.807, 2.05) is 0 Å². The molecule has 0 aromatic heterocycles. The van der Waals surface area contributed by atoms with Crippen LogP contribution in [0.1, 0.15) is 36.8 Å². The zero-order chi connectivity index (χ0) is 13.7. The van der Waals surface area contributed by atoms with Crippen LogP contribution in [0.4, 0.5) is 0 Å². The normalized spacial score (nSPS) is 22.8. The van der Waals surface area contributed by atoms with E-state index in [0.717, 1.165) is 37.0 Å². The molecule has 1 aromatic carbocycles. The Hall–Kier alpha value is -1.57. The maximum absolute atomic E-state index is 9.45. The van der Waals surface area contributed by atoms with Gasteiger partial charge in [0.15, 0.2) is 0 Å². The van der Waals surface area contributed by atoms with Crippen molar-refractivity contribution in [2.24, 2.45) is 0 Å². The number of nitriles is 1. The minimum atomic E-state index is -0.170. The zero-order valence-electron chi connectivity index (χ0n) is 11.1. The molecule has 102 valence electrons. The lowest BCUT2D eigenvalue weighted by molar-refractivity contribution is -0.0124. The van der Waals surface area contributed by atoms with Gasteiger partial charge in [-0.3, -0.25) is 0 Å². The Balaban J connectivity index is 1.96. The van der Waals surface area contributed by atoms with E-state index in [1.165, 1.54) is 0 Å². The molecular formula is C15H19NO3. The lowest BCUT2D eigenvalue weighted by Gasteiger charge is -2.25. The fraction of sp³-hybridized carbons (Fsp3) is 0.533. The Bertz CT molecular complexity index is 459. The Kier molecular flexibility index (Phi) is 4.78. The van der Waals surface area contributed by atoms with Crippen molar-refractivity contribution in [3.63, 3.8) is 0 Å². The highest BCUT2D eigenvalue weighted by atomic mass is 16.5. The van der Waals surface area contributed by atoms with E-state index in [-0.39, 0.29) is 12.2 Å². The SMILES string of the molecule is COc1ccc(C#N)cc1COC1CCC(O)CC1. The fourth-order valence-electron chi connectivity index (χ4n) is 2.38. The average molecular weight is 261 g/mol. The Morgan fingerprint density at radius 2 is 2.05 bits per heavy atom. The van der Waals surface area contributed by atoms with Crippen LogP contribution in [0.2, 0.25) is 0 Å². The van der Waals surface area contributed by atoms with Crippen molar-refractivity contribution >= 4 is 0 Å². The van der Waals surface area contributed by atoms with Crippen LogP contribution in [0.15, 0.2) is 18.2 Å². The van der Waals surface area contributed by atoms with Crippen LogP contribution < -0.4 is 4.74 Å². The second-order valence-corrected chi connectivity index (χ2v) is 4.88. The van der Waals surface area contributed by atoms with Crippen molar-refractivity contribution in [2.45, 2.75) is 44.5 Å². The summed E-state index contributed by atoms with van der Waals surface area (Å²) in [6.07, 6.45) is 3.42. The summed E-state index contributed by atoms with van der Waals surface area (Å²) >= 11 is 0. The van der Waals surface area contributed by atoms with Crippen molar-refractivity contribution in [3.05, 3.63) is 29.3 Å². The van der Waals surface area contributed by atoms with Crippen molar-refractivity contribution in [1.29, 1.82) is 5.26 Å². The Morgan fingerprint density at radius 3 is 2.68 bits per heavy atom. The number of methoxy groups -OCH3 is 1. The van der Waals surface area contributed by atoms with E-state index < -0.39 is 0 Å². The van der Waals surface area contributed by atoms with Gasteiger partial charge in [0.05, 0.1) is 37.6 Å². The van der Waals surface area contributed by atoms with Gasteiger partial charge >= 0.3 is 0 Å². The molecule has 0 unspecified atom stereocenters. The van der Waals surface area contributed by atoms with Crippen molar-refractivity contribution < 1.29 is 14.6 Å². The van der Waals surface area contributed by atoms with Gasteiger partial charge in [-0.2, -0.15) is 5.26 Å². The molecule has 0 heterocycles. The number of aliphatic hydroxyl groups is 1. The molecule has 0 spiro atoms. The molecule has 0 saturated heterocycles. The van der Waals surface area contributed by atoms with Gasteiger partial charge in [0, 0.05) is 5.56 Å². The molecule has 0 aliphatic heterocycles. The lowest BCUT2D eigenvalue weighted by atomic mass is 9.95. The molecule has 1 fully saturated rings. The van der Waals surface area contributed by atoms with Gasteiger partial charge in [0.2, 0.25) is 0 Å². The van der Waals surface area contributed by atoms with E-state index in [1.54, 1.807) is 25.3 Å². The first-order valence-corrected chi connectivity index (χ1v) is 6.59. The molecule has 0 radical (unpaired) electrons. The summed E-state index contributed by atoms with van der Waals surface area (Å²) in [6, 6.07) is 7.45. The monoisotopic (exact) mass is 261 g/mol. The van der Waals surface area contributed by atoms with Crippen LogP contribution in [0.25, 0.3) is 0 Å². The van der Waals surface area contributed by atoms with Gasteiger partial charge in [-0.25, -0.2) is 0 Å². The predicted octanol–water partition coefficient (Wildman–Crippen LogP) is 2.39. The quantitative estimate of drug-likeness (QED) is 0.904. The maximum atomic E-state index is 9.45. The average Bonchev–Trinajstić information content (AvgIpc) is 2.46. The van der Waals surface area contributed by atoms with E-state index in [2.05, 4.69) is 6.07 Å². The number of benzene rings is 1. The summed E-state index contributed by atoms with van der Waals surface area (Å²) in [6.45, 7) is 0.444. The van der Waals surface area contributed by atoms with E-state index in [9.17, 15) is 5.11 Å². The topological polar surface area (TPSA) is 62.5 Å². The summed E-state index contributed by atoms with van der Waals surface area (Å²) in [5.41, 5.74) is 1.51. The van der Waals surface area contributed by atoms with Crippen molar-refractivity contribution in [3.8, 4) is 11.8 Å². The molecule has 4 heteroatoms. The summed E-state index contributed by atoms with van der Waals surface area (Å²) in [7, 11) is 1.61. The highest BCUT2D eigenvalue weighted by molar-refractivity contribution is 5.41. The van der Waals surface area contributed by atoms with E-state index >= 15 is 0 Å². The van der Waals surface area contributed by atoms with Gasteiger partial charge in [0.1, 0.15) is 5.75 Å². The Labute approximate surface area is 113 Å². The molecule has 0 atom stereocenters. The third kappa shape index (κ3) is 3.69. The molecule has 1 aliphatic carbocycles. The summed E-state index contributed by atoms with van der Waals surface area (Å²) in [5, 5.41) is 18.4. The molecule has 1 N–H and O–H groups in total. The summed E-state index contributed by atoms with van der Waals surface area (Å²) in [5.74, 6) is 0.745. The molecule has 0 amide bonds. The third-order valence-electron chi connectivity index (χ3n) is 3.53. The van der Waals surface area contributed by atoms with E-state index in [0.29, 0.717) is 12.2 Å². The van der Waals surface area contributed by atoms with Crippen molar-refractivity contribution in [1.82, 2.24) is 0 Å². The van der Waals surface area contributed by atoms with Gasteiger partial charge < -0.3 is 14.6 Å². The second-order valence-electron chi connectivity index (χ2n) is 4.88. The maximum Gasteiger partial charge on any atom is 0.124 e. The number of hydrogen-bond donors (Lipinski definition) is 1. The van der Waals surface area contributed by atoms with Gasteiger partial charge in [-0.1, -0.05) is 0 Å². The molecule has 1 aromatic rings. The predicted molar refractivity (Wildman–Crippen MR) is 70.8 cm³/mol. The van der Waals surface area contributed by atoms with Crippen molar-refractivity contribution in [2.75, 3.05) is 7.11 Å². The molecule has 2 rings (SSSR count). The number of nitrogens with zero attached hydrogens (tertiary/aromatic N) is 1. The summed E-state index contributed by atoms with van der Waals surface area (Å²) < 4.78 is 11.1. The zero-order valence-corrected chi connectivity index (χ0v) is 11.1. The number of aliphatic hydroxyl groups excluding tert-OH is 1. The second kappa shape index (κ2) is 6.55. The number of rotatable bonds is 4. The first-order valence-electron chi connectivity index (χ1n) is 6.59. The minimum Gasteiger partial charge on any atom is -0.496 e. The highest BCUT2D eigenvalue weighted by Crippen LogP contribution is 2.25. The number of ether oxygens (including phenoxy) is 2. The smallest absolute Gasteiger partial charge is 0.124 e. The highest BCUT2D eigenvalue weighted by Gasteiger charge is 2.20. The van der Waals surface area contributed by atoms with Gasteiger partial charge in [-0.05, 0) is 43.9 Å². The fourth-order valence-corrected chi connectivity index (χ4v) is 2.38. The van der Waals surface area contributed by atoms with E-state index in [4.69, 9.17) is 14.7 Å². The van der Waals surface area contributed by atoms with Crippen LogP contribution in [0.3, 0.4) is 0 Å². The van der Waals surface area contributed by atoms with Crippen LogP contribution in [0, 0.1) is 11.3 Å². The number of hydrogen-bond acceptors (Lipinski definition) is 4. The Morgan fingerprint density at radius 1 is 1.32 bits per heavy atom. The molecular weight excluding hydrogens is 242 g/mol. The molecule has 0 bridgehead atoms. The van der Waals surface area contributed by atoms with Crippen LogP contribution in [-0.4, -0.2) is 24.4 Å². The first-order chi connectivity index (χ1) is 9.22. The molecule has 1 aliphatic rings. The standard InChI is InChI=1S/C15H19NO3/c1-18-15-7-2-11(9-16)8-12(15)10-19-14-5-3-13(17)4-6-14/h2,7-8,13-14,17H,3-6,10H2,1H3. The van der Waals surface area contributed by atoms with Gasteiger partial charge in [0.25, 0.3) is 0 Å². The van der Waals surface area contributed by atoms with Crippen LogP contribution >= 0.6 is 0 Å². The molecule has 1 saturated carbocycles. The van der Waals surface area contributed by atoms with Crippen LogP contribution in [-0.2, 0) is 11.3 Å². The molecule has 19 heavy (non-hydrogen) atoms.